The van der Waals surface area contributed by atoms with Crippen LogP contribution in [0.2, 0.25) is 5.02 Å². The highest BCUT2D eigenvalue weighted by Gasteiger charge is 2.36. The number of halogens is 4. The number of nitrogens with zero attached hydrogens (tertiary/aromatic N) is 4. The Labute approximate surface area is 184 Å². The van der Waals surface area contributed by atoms with Crippen molar-refractivity contribution in [2.45, 2.75) is 24.5 Å². The van der Waals surface area contributed by atoms with Crippen molar-refractivity contribution >= 4 is 35.0 Å². The standard InChI is InChI=1S/C20H14ClF3N4O2S/c1-10(29)28-15-8-7-13(21)9-14(15)16-17(25-19(31-2)27-26-16)30-18(28)11-3-5-12(6-4-11)20(22,23)24/h3-9,18H,1-2H3/t18-/m1/s1. The summed E-state index contributed by atoms with van der Waals surface area (Å²) in [4.78, 5) is 18.3. The van der Waals surface area contributed by atoms with Gasteiger partial charge in [0.2, 0.25) is 23.2 Å². The zero-order valence-electron chi connectivity index (χ0n) is 16.1. The SMILES string of the molecule is CSc1nnc2c(n1)O[C@H](c1ccc(C(F)(F)F)cc1)N(C(C)=O)c1ccc(Cl)cc1-2. The molecule has 0 spiro atoms. The lowest BCUT2D eigenvalue weighted by Gasteiger charge is -2.30. The second-order valence-corrected chi connectivity index (χ2v) is 7.80. The van der Waals surface area contributed by atoms with Crippen LogP contribution in [0.4, 0.5) is 18.9 Å². The first-order chi connectivity index (χ1) is 14.7. The molecule has 0 bridgehead atoms. The van der Waals surface area contributed by atoms with Crippen molar-refractivity contribution in [3.8, 4) is 17.1 Å². The van der Waals surface area contributed by atoms with Gasteiger partial charge in [0.1, 0.15) is 0 Å². The van der Waals surface area contributed by atoms with Crippen molar-refractivity contribution < 1.29 is 22.7 Å². The van der Waals surface area contributed by atoms with Crippen molar-refractivity contribution in [3.63, 3.8) is 0 Å². The van der Waals surface area contributed by atoms with Crippen molar-refractivity contribution in [3.05, 3.63) is 58.6 Å². The van der Waals surface area contributed by atoms with E-state index in [1.165, 1.54) is 35.7 Å². The number of rotatable bonds is 2. The Bertz CT molecular complexity index is 1160. The molecule has 0 unspecified atom stereocenters. The van der Waals surface area contributed by atoms with Gasteiger partial charge in [-0.05, 0) is 36.6 Å². The maximum atomic E-state index is 13.0. The van der Waals surface area contributed by atoms with Crippen LogP contribution in [0, 0.1) is 0 Å². The van der Waals surface area contributed by atoms with E-state index in [0.717, 1.165) is 12.1 Å². The average molecular weight is 467 g/mol. The van der Waals surface area contributed by atoms with Gasteiger partial charge in [-0.3, -0.25) is 9.69 Å². The summed E-state index contributed by atoms with van der Waals surface area (Å²) in [6, 6.07) is 9.26. The molecule has 6 nitrogen and oxygen atoms in total. The van der Waals surface area contributed by atoms with Crippen LogP contribution in [0.3, 0.4) is 0 Å². The number of aromatic nitrogens is 3. The summed E-state index contributed by atoms with van der Waals surface area (Å²) < 4.78 is 45.1. The molecule has 31 heavy (non-hydrogen) atoms. The molecule has 0 saturated heterocycles. The number of ether oxygens (including phenoxy) is 1. The summed E-state index contributed by atoms with van der Waals surface area (Å²) in [5, 5.41) is 8.97. The molecule has 0 fully saturated rings. The second-order valence-electron chi connectivity index (χ2n) is 6.59. The van der Waals surface area contributed by atoms with Gasteiger partial charge in [-0.2, -0.15) is 18.2 Å². The third-order valence-electron chi connectivity index (χ3n) is 4.61. The van der Waals surface area contributed by atoms with E-state index in [9.17, 15) is 18.0 Å². The van der Waals surface area contributed by atoms with Crippen molar-refractivity contribution in [1.29, 1.82) is 0 Å². The Balaban J connectivity index is 1.92. The molecule has 1 atom stereocenters. The number of alkyl halides is 3. The molecule has 11 heteroatoms. The highest BCUT2D eigenvalue weighted by Crippen LogP contribution is 2.44. The normalized spacial score (nSPS) is 15.5. The minimum atomic E-state index is -4.48. The Morgan fingerprint density at radius 3 is 2.48 bits per heavy atom. The highest BCUT2D eigenvalue weighted by molar-refractivity contribution is 7.98. The summed E-state index contributed by atoms with van der Waals surface area (Å²) in [6.45, 7) is 1.33. The van der Waals surface area contributed by atoms with Gasteiger partial charge >= 0.3 is 6.18 Å². The Morgan fingerprint density at radius 2 is 1.87 bits per heavy atom. The molecule has 0 radical (unpaired) electrons. The number of hydrogen-bond donors (Lipinski definition) is 0. The van der Waals surface area contributed by atoms with Gasteiger partial charge in [0.05, 0.1) is 11.3 Å². The second kappa shape index (κ2) is 8.01. The molecule has 0 saturated carbocycles. The predicted molar refractivity (Wildman–Crippen MR) is 110 cm³/mol. The molecular formula is C20H14ClF3N4O2S. The van der Waals surface area contributed by atoms with Gasteiger partial charge < -0.3 is 4.74 Å². The molecule has 1 aliphatic heterocycles. The topological polar surface area (TPSA) is 68.2 Å². The van der Waals surface area contributed by atoms with Crippen LogP contribution in [-0.2, 0) is 11.0 Å². The molecule has 1 aromatic heterocycles. The molecule has 160 valence electrons. The first-order valence-corrected chi connectivity index (χ1v) is 10.5. The number of fused-ring (bicyclic) bond motifs is 3. The average Bonchev–Trinajstić information content (AvgIpc) is 2.87. The predicted octanol–water partition coefficient (Wildman–Crippen LogP) is 5.38. The smallest absolute Gasteiger partial charge is 0.416 e. The Hall–Kier alpha value is -2.85. The summed E-state index contributed by atoms with van der Waals surface area (Å²) >= 11 is 7.42. The summed E-state index contributed by atoms with van der Waals surface area (Å²) in [7, 11) is 0. The molecule has 0 aliphatic carbocycles. The van der Waals surface area contributed by atoms with Gasteiger partial charge in [0, 0.05) is 23.1 Å². The summed E-state index contributed by atoms with van der Waals surface area (Å²) in [6.07, 6.45) is -3.80. The number of thioether (sulfide) groups is 1. The van der Waals surface area contributed by atoms with E-state index in [1.54, 1.807) is 24.5 Å². The lowest BCUT2D eigenvalue weighted by Crippen LogP contribution is -2.36. The maximum absolute atomic E-state index is 13.0. The quantitative estimate of drug-likeness (QED) is 0.472. The van der Waals surface area contributed by atoms with E-state index in [4.69, 9.17) is 16.3 Å². The van der Waals surface area contributed by atoms with Crippen molar-refractivity contribution in [1.82, 2.24) is 15.2 Å². The van der Waals surface area contributed by atoms with Crippen LogP contribution >= 0.6 is 23.4 Å². The fraction of sp³-hybridized carbons (Fsp3) is 0.200. The molecule has 1 amide bonds. The van der Waals surface area contributed by atoms with E-state index >= 15 is 0 Å². The summed E-state index contributed by atoms with van der Waals surface area (Å²) in [5.74, 6) is -0.296. The molecule has 1 aliphatic rings. The largest absolute Gasteiger partial charge is 0.447 e. The fourth-order valence-electron chi connectivity index (χ4n) is 3.22. The third kappa shape index (κ3) is 4.05. The molecule has 2 heterocycles. The first-order valence-electron chi connectivity index (χ1n) is 8.91. The highest BCUT2D eigenvalue weighted by atomic mass is 35.5. The summed E-state index contributed by atoms with van der Waals surface area (Å²) in [5.41, 5.74) is 0.700. The third-order valence-corrected chi connectivity index (χ3v) is 5.38. The number of carbonyl (C=O) groups excluding carboxylic acids is 1. The van der Waals surface area contributed by atoms with Crippen LogP contribution < -0.4 is 9.64 Å². The van der Waals surface area contributed by atoms with Gasteiger partial charge in [-0.15, -0.1) is 10.2 Å². The number of anilines is 1. The minimum Gasteiger partial charge on any atom is -0.447 e. The van der Waals surface area contributed by atoms with Crippen LogP contribution in [0.15, 0.2) is 47.6 Å². The monoisotopic (exact) mass is 466 g/mol. The number of hydrogen-bond acceptors (Lipinski definition) is 6. The van der Waals surface area contributed by atoms with Crippen molar-refractivity contribution in [2.24, 2.45) is 0 Å². The zero-order chi connectivity index (χ0) is 22.3. The van der Waals surface area contributed by atoms with E-state index in [0.29, 0.717) is 27.0 Å². The van der Waals surface area contributed by atoms with E-state index in [1.807, 2.05) is 0 Å². The zero-order valence-corrected chi connectivity index (χ0v) is 17.7. The van der Waals surface area contributed by atoms with Gasteiger partial charge in [0.15, 0.2) is 5.69 Å². The maximum Gasteiger partial charge on any atom is 0.416 e. The Morgan fingerprint density at radius 1 is 1.16 bits per heavy atom. The van der Waals surface area contributed by atoms with Crippen LogP contribution in [0.25, 0.3) is 11.3 Å². The lowest BCUT2D eigenvalue weighted by molar-refractivity contribution is -0.137. The van der Waals surface area contributed by atoms with Crippen LogP contribution in [-0.4, -0.2) is 27.3 Å². The molecule has 3 aromatic rings. The lowest BCUT2D eigenvalue weighted by atomic mass is 10.1. The molecular weight excluding hydrogens is 453 g/mol. The van der Waals surface area contributed by atoms with E-state index in [-0.39, 0.29) is 17.5 Å². The van der Waals surface area contributed by atoms with Gasteiger partial charge in [-0.25, -0.2) is 0 Å². The van der Waals surface area contributed by atoms with Crippen LogP contribution in [0.5, 0.6) is 5.88 Å². The van der Waals surface area contributed by atoms with Gasteiger partial charge in [-0.1, -0.05) is 35.5 Å². The number of carbonyl (C=O) groups is 1. The van der Waals surface area contributed by atoms with Gasteiger partial charge in [0.25, 0.3) is 0 Å². The number of amides is 1. The molecule has 2 aromatic carbocycles. The van der Waals surface area contributed by atoms with E-state index in [2.05, 4.69) is 15.2 Å². The fourth-order valence-corrected chi connectivity index (χ4v) is 3.69. The first kappa shape index (κ1) is 21.4. The van der Waals surface area contributed by atoms with Crippen molar-refractivity contribution in [2.75, 3.05) is 11.2 Å². The minimum absolute atomic E-state index is 0.0940. The molecule has 0 N–H and O–H groups in total. The number of benzene rings is 2. The van der Waals surface area contributed by atoms with E-state index < -0.39 is 18.0 Å². The van der Waals surface area contributed by atoms with Crippen LogP contribution in [0.1, 0.15) is 24.3 Å². The molecule has 4 rings (SSSR count). The Kier molecular flexibility index (Phi) is 5.52.